The Morgan fingerprint density at radius 1 is 1.29 bits per heavy atom. The van der Waals surface area contributed by atoms with Gasteiger partial charge in [0.1, 0.15) is 5.75 Å². The molecular weight excluding hydrogens is 573 g/mol. The van der Waals surface area contributed by atoms with Crippen LogP contribution in [0.25, 0.3) is 0 Å². The molecule has 34 heavy (non-hydrogen) atoms. The maximum Gasteiger partial charge on any atom is 0.270 e. The number of nitrogens with one attached hydrogen (secondary N) is 2. The van der Waals surface area contributed by atoms with E-state index in [9.17, 15) is 20.0 Å². The fourth-order valence-electron chi connectivity index (χ4n) is 2.71. The van der Waals surface area contributed by atoms with Gasteiger partial charge in [-0.3, -0.25) is 14.9 Å². The second kappa shape index (κ2) is 12.1. The van der Waals surface area contributed by atoms with Gasteiger partial charge in [-0.05, 0) is 52.9 Å². The molecule has 176 valence electrons. The number of carbonyl (C=O) groups is 1. The number of hydrogen-bond acceptors (Lipinski definition) is 9. The standard InChI is InChI=1S/C21H20IN7O4S/c1-2-9-28-19(12-23-16-5-3-15(22)4-6-16)25-27-21(28)34-13-20(31)26-24-11-14-10-17(29(32)33)7-8-18(14)30/h2-8,10-11,23,30H,1,9,12-13H2,(H,26,31)/b24-11-. The Bertz CT molecular complexity index is 1210. The lowest BCUT2D eigenvalue weighted by Crippen LogP contribution is -2.20. The number of aromatic hydroxyl groups is 1. The van der Waals surface area contributed by atoms with E-state index in [2.05, 4.69) is 55.2 Å². The summed E-state index contributed by atoms with van der Waals surface area (Å²) < 4.78 is 3.00. The number of nitro groups is 1. The van der Waals surface area contributed by atoms with Crippen molar-refractivity contribution in [3.05, 3.63) is 80.2 Å². The molecule has 0 radical (unpaired) electrons. The maximum absolute atomic E-state index is 12.2. The number of rotatable bonds is 11. The number of nitrogens with zero attached hydrogens (tertiary/aromatic N) is 5. The Labute approximate surface area is 212 Å². The fourth-order valence-corrected chi connectivity index (χ4v) is 3.83. The second-order valence-corrected chi connectivity index (χ2v) is 8.93. The lowest BCUT2D eigenvalue weighted by molar-refractivity contribution is -0.384. The summed E-state index contributed by atoms with van der Waals surface area (Å²) in [6, 6.07) is 11.5. The van der Waals surface area contributed by atoms with Gasteiger partial charge in [0.25, 0.3) is 11.6 Å². The highest BCUT2D eigenvalue weighted by Crippen LogP contribution is 2.21. The van der Waals surface area contributed by atoms with Crippen molar-refractivity contribution in [2.75, 3.05) is 11.1 Å². The molecule has 1 amide bonds. The van der Waals surface area contributed by atoms with Crippen molar-refractivity contribution in [3.8, 4) is 5.75 Å². The van der Waals surface area contributed by atoms with Crippen molar-refractivity contribution in [3.63, 3.8) is 0 Å². The number of phenols is 1. The monoisotopic (exact) mass is 593 g/mol. The Morgan fingerprint density at radius 2 is 2.06 bits per heavy atom. The lowest BCUT2D eigenvalue weighted by Gasteiger charge is -2.09. The molecule has 0 saturated heterocycles. The normalized spacial score (nSPS) is 10.9. The molecule has 3 N–H and O–H groups in total. The van der Waals surface area contributed by atoms with E-state index in [4.69, 9.17) is 0 Å². The maximum atomic E-state index is 12.2. The largest absolute Gasteiger partial charge is 0.507 e. The van der Waals surface area contributed by atoms with Crippen LogP contribution in [-0.2, 0) is 17.9 Å². The molecule has 0 aliphatic carbocycles. The number of amides is 1. The number of aromatic nitrogens is 3. The second-order valence-electron chi connectivity index (χ2n) is 6.74. The molecule has 0 fully saturated rings. The number of carbonyl (C=O) groups excluding carboxylic acids is 1. The van der Waals surface area contributed by atoms with Crippen LogP contribution >= 0.6 is 34.4 Å². The molecule has 0 aliphatic rings. The van der Waals surface area contributed by atoms with Crippen LogP contribution < -0.4 is 10.7 Å². The van der Waals surface area contributed by atoms with Gasteiger partial charge in [-0.2, -0.15) is 5.10 Å². The van der Waals surface area contributed by atoms with Crippen molar-refractivity contribution < 1.29 is 14.8 Å². The highest BCUT2D eigenvalue weighted by atomic mass is 127. The molecule has 13 heteroatoms. The molecule has 0 atom stereocenters. The number of allylic oxidation sites excluding steroid dienone is 1. The Hall–Kier alpha value is -3.46. The van der Waals surface area contributed by atoms with Gasteiger partial charge in [-0.25, -0.2) is 5.43 Å². The van der Waals surface area contributed by atoms with Crippen LogP contribution in [0.5, 0.6) is 5.75 Å². The number of non-ortho nitro benzene ring substituents is 1. The van der Waals surface area contributed by atoms with Gasteiger partial charge in [0.05, 0.1) is 23.4 Å². The van der Waals surface area contributed by atoms with Crippen LogP contribution in [0.4, 0.5) is 11.4 Å². The first-order valence-electron chi connectivity index (χ1n) is 9.82. The van der Waals surface area contributed by atoms with Gasteiger partial charge in [0, 0.05) is 33.5 Å². The summed E-state index contributed by atoms with van der Waals surface area (Å²) in [7, 11) is 0. The fraction of sp³-hybridized carbons (Fsp3) is 0.143. The van der Waals surface area contributed by atoms with Crippen LogP contribution in [0.2, 0.25) is 0 Å². The Kier molecular flexibility index (Phi) is 8.98. The smallest absolute Gasteiger partial charge is 0.270 e. The van der Waals surface area contributed by atoms with Crippen molar-refractivity contribution >= 4 is 57.8 Å². The van der Waals surface area contributed by atoms with Crippen LogP contribution in [0, 0.1) is 13.7 Å². The third-order valence-electron chi connectivity index (χ3n) is 4.35. The van der Waals surface area contributed by atoms with Crippen molar-refractivity contribution in [2.45, 2.75) is 18.2 Å². The molecule has 11 nitrogen and oxygen atoms in total. The minimum absolute atomic E-state index is 0.0120. The predicted molar refractivity (Wildman–Crippen MR) is 138 cm³/mol. The molecule has 2 aromatic carbocycles. The molecule has 0 aliphatic heterocycles. The van der Waals surface area contributed by atoms with E-state index < -0.39 is 10.8 Å². The van der Waals surface area contributed by atoms with E-state index >= 15 is 0 Å². The van der Waals surface area contributed by atoms with Crippen LogP contribution in [0.3, 0.4) is 0 Å². The zero-order valence-corrected chi connectivity index (χ0v) is 20.7. The zero-order chi connectivity index (χ0) is 24.5. The summed E-state index contributed by atoms with van der Waals surface area (Å²) in [6.45, 7) is 4.69. The number of benzene rings is 2. The molecule has 0 unspecified atom stereocenters. The van der Waals surface area contributed by atoms with Gasteiger partial charge in [-0.1, -0.05) is 17.8 Å². The van der Waals surface area contributed by atoms with E-state index in [1.165, 1.54) is 23.9 Å². The summed E-state index contributed by atoms with van der Waals surface area (Å²) in [5.41, 5.74) is 3.19. The van der Waals surface area contributed by atoms with Gasteiger partial charge in [0.2, 0.25) is 0 Å². The molecule has 3 rings (SSSR count). The summed E-state index contributed by atoms with van der Waals surface area (Å²) in [6.07, 6.45) is 2.86. The summed E-state index contributed by atoms with van der Waals surface area (Å²) in [4.78, 5) is 22.4. The van der Waals surface area contributed by atoms with Crippen molar-refractivity contribution in [1.29, 1.82) is 0 Å². The Balaban J connectivity index is 1.57. The van der Waals surface area contributed by atoms with Crippen molar-refractivity contribution in [2.24, 2.45) is 5.10 Å². The topological polar surface area (TPSA) is 148 Å². The molecule has 3 aromatic rings. The quantitative estimate of drug-likeness (QED) is 0.0764. The van der Waals surface area contributed by atoms with Gasteiger partial charge >= 0.3 is 0 Å². The van der Waals surface area contributed by atoms with Gasteiger partial charge in [0.15, 0.2) is 11.0 Å². The average molecular weight is 593 g/mol. The van der Waals surface area contributed by atoms with E-state index in [1.54, 1.807) is 6.08 Å². The number of halogens is 1. The third kappa shape index (κ3) is 7.02. The minimum Gasteiger partial charge on any atom is -0.507 e. The van der Waals surface area contributed by atoms with Crippen LogP contribution in [0.15, 0.2) is 65.4 Å². The minimum atomic E-state index is -0.588. The summed E-state index contributed by atoms with van der Waals surface area (Å²) in [5.74, 6) is 0.0956. The molecular formula is C21H20IN7O4S. The van der Waals surface area contributed by atoms with E-state index in [0.717, 1.165) is 21.5 Å². The summed E-state index contributed by atoms with van der Waals surface area (Å²) >= 11 is 3.42. The van der Waals surface area contributed by atoms with Crippen LogP contribution in [0.1, 0.15) is 11.4 Å². The number of nitro benzene ring substituents is 1. The zero-order valence-electron chi connectivity index (χ0n) is 17.7. The van der Waals surface area contributed by atoms with Crippen LogP contribution in [-0.4, -0.2) is 42.7 Å². The molecule has 0 spiro atoms. The average Bonchev–Trinajstić information content (AvgIpc) is 3.20. The van der Waals surface area contributed by atoms with E-state index in [0.29, 0.717) is 24.1 Å². The summed E-state index contributed by atoms with van der Waals surface area (Å²) in [5, 5.41) is 36.6. The predicted octanol–water partition coefficient (Wildman–Crippen LogP) is 3.54. The number of hydrogen-bond donors (Lipinski definition) is 3. The third-order valence-corrected chi connectivity index (χ3v) is 6.03. The highest BCUT2D eigenvalue weighted by Gasteiger charge is 2.14. The lowest BCUT2D eigenvalue weighted by atomic mass is 10.2. The Morgan fingerprint density at radius 3 is 2.76 bits per heavy atom. The number of phenolic OH excluding ortho intramolecular Hbond substituents is 1. The number of anilines is 1. The molecule has 1 aromatic heterocycles. The molecule has 0 bridgehead atoms. The molecule has 1 heterocycles. The van der Waals surface area contributed by atoms with E-state index in [-0.39, 0.29) is 22.8 Å². The first-order chi connectivity index (χ1) is 16.4. The highest BCUT2D eigenvalue weighted by molar-refractivity contribution is 14.1. The molecule has 0 saturated carbocycles. The number of hydrazone groups is 1. The first kappa shape index (κ1) is 25.2. The van der Waals surface area contributed by atoms with Gasteiger partial charge < -0.3 is 15.0 Å². The first-order valence-corrected chi connectivity index (χ1v) is 11.9. The van der Waals surface area contributed by atoms with Crippen molar-refractivity contribution in [1.82, 2.24) is 20.2 Å². The SMILES string of the molecule is C=CCn1c(CNc2ccc(I)cc2)nnc1SCC(=O)N/N=C\c1cc([N+](=O)[O-])ccc1O. The van der Waals surface area contributed by atoms with E-state index in [1.807, 2.05) is 28.8 Å². The number of thioether (sulfide) groups is 1. The van der Waals surface area contributed by atoms with Gasteiger partial charge in [-0.15, -0.1) is 16.8 Å².